The minimum absolute atomic E-state index is 0.798. The predicted octanol–water partition coefficient (Wildman–Crippen LogP) is 3.99. The van der Waals surface area contributed by atoms with Crippen molar-refractivity contribution in [2.24, 2.45) is 0 Å². The molecular weight excluding hydrogens is 296 g/mol. The summed E-state index contributed by atoms with van der Waals surface area (Å²) < 4.78 is 2.00. The molecule has 0 aliphatic carbocycles. The fraction of sp³-hybridized carbons (Fsp3) is 0.250. The first kappa shape index (κ1) is 16.2. The zero-order chi connectivity index (χ0) is 17.3. The standard InChI is InChI=1S/C20H23N4/c1-6-16-7-10-18(11-8-16)24-15(3)20(14(2)22-24)17-9-12-19(21-13-17)23(4)5/h7-13H,1,6H2,2-5H3. The summed E-state index contributed by atoms with van der Waals surface area (Å²) in [5.74, 6) is 0.949. The third-order valence-electron chi connectivity index (χ3n) is 4.26. The maximum Gasteiger partial charge on any atom is 0.127 e. The van der Waals surface area contributed by atoms with Gasteiger partial charge in [-0.1, -0.05) is 12.1 Å². The van der Waals surface area contributed by atoms with Crippen molar-refractivity contribution in [1.29, 1.82) is 0 Å². The van der Waals surface area contributed by atoms with Gasteiger partial charge in [0.05, 0.1) is 11.4 Å². The Kier molecular flexibility index (Phi) is 4.38. The molecule has 0 saturated carbocycles. The molecule has 3 rings (SSSR count). The lowest BCUT2D eigenvalue weighted by molar-refractivity contribution is 0.833. The molecule has 1 radical (unpaired) electrons. The molecule has 24 heavy (non-hydrogen) atoms. The molecule has 1 aromatic carbocycles. The van der Waals surface area contributed by atoms with E-state index in [2.05, 4.69) is 49.2 Å². The smallest absolute Gasteiger partial charge is 0.127 e. The van der Waals surface area contributed by atoms with Crippen molar-refractivity contribution in [1.82, 2.24) is 14.8 Å². The van der Waals surface area contributed by atoms with Crippen LogP contribution in [-0.4, -0.2) is 28.9 Å². The fourth-order valence-electron chi connectivity index (χ4n) is 2.91. The van der Waals surface area contributed by atoms with Gasteiger partial charge in [-0.05, 0) is 57.0 Å². The Balaban J connectivity index is 2.02. The molecule has 0 fully saturated rings. The normalized spacial score (nSPS) is 10.9. The second kappa shape index (κ2) is 6.48. The Morgan fingerprint density at radius 2 is 1.75 bits per heavy atom. The summed E-state index contributed by atoms with van der Waals surface area (Å²) in [7, 11) is 3.98. The van der Waals surface area contributed by atoms with Crippen LogP contribution in [0.5, 0.6) is 0 Å². The summed E-state index contributed by atoms with van der Waals surface area (Å²) in [4.78, 5) is 6.52. The van der Waals surface area contributed by atoms with Gasteiger partial charge in [-0.25, -0.2) is 9.67 Å². The van der Waals surface area contributed by atoms with E-state index in [0.29, 0.717) is 0 Å². The highest BCUT2D eigenvalue weighted by atomic mass is 15.3. The lowest BCUT2D eigenvalue weighted by Crippen LogP contribution is -2.10. The van der Waals surface area contributed by atoms with Gasteiger partial charge in [0, 0.05) is 37.1 Å². The number of rotatable bonds is 4. The Morgan fingerprint density at radius 1 is 1.04 bits per heavy atom. The van der Waals surface area contributed by atoms with Crippen molar-refractivity contribution < 1.29 is 0 Å². The minimum Gasteiger partial charge on any atom is -0.363 e. The molecular formula is C20H23N4. The molecule has 4 heteroatoms. The molecule has 2 aromatic heterocycles. The largest absolute Gasteiger partial charge is 0.363 e. The lowest BCUT2D eigenvalue weighted by Gasteiger charge is -2.11. The van der Waals surface area contributed by atoms with E-state index in [1.54, 1.807) is 0 Å². The average molecular weight is 319 g/mol. The quantitative estimate of drug-likeness (QED) is 0.729. The highest BCUT2D eigenvalue weighted by Crippen LogP contribution is 2.29. The second-order valence-corrected chi connectivity index (χ2v) is 6.17. The summed E-state index contributed by atoms with van der Waals surface area (Å²) in [6.45, 7) is 8.07. The molecule has 0 N–H and O–H groups in total. The number of aryl methyl sites for hydroxylation is 1. The summed E-state index contributed by atoms with van der Waals surface area (Å²) in [5.41, 5.74) is 6.66. The van der Waals surface area contributed by atoms with Gasteiger partial charge in [0.1, 0.15) is 5.82 Å². The van der Waals surface area contributed by atoms with Gasteiger partial charge in [0.15, 0.2) is 0 Å². The van der Waals surface area contributed by atoms with E-state index in [-0.39, 0.29) is 0 Å². The first-order valence-electron chi connectivity index (χ1n) is 8.09. The molecule has 0 unspecified atom stereocenters. The maximum atomic E-state index is 4.73. The monoisotopic (exact) mass is 319 g/mol. The average Bonchev–Trinajstić information content (AvgIpc) is 2.89. The summed E-state index contributed by atoms with van der Waals surface area (Å²) >= 11 is 0. The summed E-state index contributed by atoms with van der Waals surface area (Å²) in [6, 6.07) is 12.5. The van der Waals surface area contributed by atoms with Crippen molar-refractivity contribution in [2.75, 3.05) is 19.0 Å². The third-order valence-corrected chi connectivity index (χ3v) is 4.26. The third kappa shape index (κ3) is 2.92. The van der Waals surface area contributed by atoms with E-state index in [9.17, 15) is 0 Å². The number of hydrogen-bond acceptors (Lipinski definition) is 3. The van der Waals surface area contributed by atoms with Gasteiger partial charge < -0.3 is 4.90 Å². The van der Waals surface area contributed by atoms with Crippen LogP contribution >= 0.6 is 0 Å². The molecule has 0 saturated heterocycles. The molecule has 0 amide bonds. The van der Waals surface area contributed by atoms with E-state index in [4.69, 9.17) is 5.10 Å². The van der Waals surface area contributed by atoms with Crippen LogP contribution in [-0.2, 0) is 6.42 Å². The number of benzene rings is 1. The van der Waals surface area contributed by atoms with Crippen LogP contribution in [0.1, 0.15) is 17.0 Å². The summed E-state index contributed by atoms with van der Waals surface area (Å²) in [6.07, 6.45) is 2.72. The lowest BCUT2D eigenvalue weighted by atomic mass is 10.1. The number of aromatic nitrogens is 3. The number of nitrogens with zero attached hydrogens (tertiary/aromatic N) is 4. The zero-order valence-electron chi connectivity index (χ0n) is 14.7. The van der Waals surface area contributed by atoms with E-state index in [0.717, 1.165) is 40.4 Å². The van der Waals surface area contributed by atoms with Crippen LogP contribution in [0.25, 0.3) is 16.8 Å². The fourth-order valence-corrected chi connectivity index (χ4v) is 2.91. The molecule has 0 spiro atoms. The molecule has 4 nitrogen and oxygen atoms in total. The van der Waals surface area contributed by atoms with Gasteiger partial charge in [-0.15, -0.1) is 0 Å². The Hall–Kier alpha value is -2.62. The number of hydrogen-bond donors (Lipinski definition) is 0. The Labute approximate surface area is 143 Å². The van der Waals surface area contributed by atoms with Crippen LogP contribution in [0.2, 0.25) is 0 Å². The molecule has 0 atom stereocenters. The van der Waals surface area contributed by atoms with Gasteiger partial charge in [-0.3, -0.25) is 0 Å². The highest BCUT2D eigenvalue weighted by Gasteiger charge is 2.15. The van der Waals surface area contributed by atoms with E-state index >= 15 is 0 Å². The molecule has 123 valence electrons. The van der Waals surface area contributed by atoms with Crippen molar-refractivity contribution in [2.45, 2.75) is 20.3 Å². The predicted molar refractivity (Wildman–Crippen MR) is 99.7 cm³/mol. The SMILES string of the molecule is [CH2]Cc1ccc(-n2nc(C)c(-c3ccc(N(C)C)nc3)c2C)cc1. The first-order chi connectivity index (χ1) is 11.5. The highest BCUT2D eigenvalue weighted by molar-refractivity contribution is 5.69. The molecule has 0 aliphatic heterocycles. The Bertz CT molecular complexity index is 827. The minimum atomic E-state index is 0.798. The van der Waals surface area contributed by atoms with Crippen molar-refractivity contribution >= 4 is 5.82 Å². The van der Waals surface area contributed by atoms with Crippen molar-refractivity contribution in [3.05, 3.63) is 66.5 Å². The number of pyridine rings is 1. The second-order valence-electron chi connectivity index (χ2n) is 6.17. The van der Waals surface area contributed by atoms with Crippen molar-refractivity contribution in [3.63, 3.8) is 0 Å². The van der Waals surface area contributed by atoms with Gasteiger partial charge in [0.2, 0.25) is 0 Å². The van der Waals surface area contributed by atoms with Gasteiger partial charge in [0.25, 0.3) is 0 Å². The van der Waals surface area contributed by atoms with Crippen LogP contribution in [0.3, 0.4) is 0 Å². The van der Waals surface area contributed by atoms with E-state index in [1.165, 1.54) is 5.56 Å². The van der Waals surface area contributed by atoms with Crippen LogP contribution in [0.4, 0.5) is 5.82 Å². The molecule has 0 bridgehead atoms. The topological polar surface area (TPSA) is 34.0 Å². The van der Waals surface area contributed by atoms with Crippen LogP contribution < -0.4 is 4.90 Å². The van der Waals surface area contributed by atoms with E-state index in [1.807, 2.05) is 42.9 Å². The van der Waals surface area contributed by atoms with E-state index < -0.39 is 0 Å². The molecule has 0 aliphatic rings. The molecule has 3 aromatic rings. The van der Waals surface area contributed by atoms with Crippen molar-refractivity contribution in [3.8, 4) is 16.8 Å². The van der Waals surface area contributed by atoms with Crippen LogP contribution in [0, 0.1) is 20.8 Å². The first-order valence-corrected chi connectivity index (χ1v) is 8.09. The molecule has 2 heterocycles. The number of anilines is 1. The zero-order valence-corrected chi connectivity index (χ0v) is 14.7. The van der Waals surface area contributed by atoms with Gasteiger partial charge in [-0.2, -0.15) is 5.10 Å². The van der Waals surface area contributed by atoms with Crippen LogP contribution in [0.15, 0.2) is 42.6 Å². The van der Waals surface area contributed by atoms with Gasteiger partial charge >= 0.3 is 0 Å². The maximum absolute atomic E-state index is 4.73. The Morgan fingerprint density at radius 3 is 2.29 bits per heavy atom. The summed E-state index contributed by atoms with van der Waals surface area (Å²) in [5, 5.41) is 4.73.